The summed E-state index contributed by atoms with van der Waals surface area (Å²) in [5, 5.41) is 18.2. The van der Waals surface area contributed by atoms with Gasteiger partial charge in [0, 0.05) is 37.2 Å². The molecule has 1 amide bonds. The van der Waals surface area contributed by atoms with E-state index in [1.54, 1.807) is 18.0 Å². The SMILES string of the molecule is CCCCN(C)C(=O)c1cc2c(Cc3cc(C)cc(F)c3)[nH]nc2cc1O. The maximum Gasteiger partial charge on any atom is 0.257 e. The van der Waals surface area contributed by atoms with Gasteiger partial charge in [-0.05, 0) is 42.7 Å². The summed E-state index contributed by atoms with van der Waals surface area (Å²) in [5.74, 6) is -0.591. The van der Waals surface area contributed by atoms with Crippen LogP contribution in [0.3, 0.4) is 0 Å². The zero-order valence-electron chi connectivity index (χ0n) is 15.8. The molecule has 142 valence electrons. The number of amides is 1. The molecule has 0 atom stereocenters. The first-order chi connectivity index (χ1) is 12.9. The number of H-pyrrole nitrogens is 1. The van der Waals surface area contributed by atoms with Gasteiger partial charge >= 0.3 is 0 Å². The van der Waals surface area contributed by atoms with Gasteiger partial charge in [0.15, 0.2) is 0 Å². The van der Waals surface area contributed by atoms with Gasteiger partial charge in [-0.1, -0.05) is 19.4 Å². The smallest absolute Gasteiger partial charge is 0.257 e. The first-order valence-corrected chi connectivity index (χ1v) is 9.10. The largest absolute Gasteiger partial charge is 0.507 e. The van der Waals surface area contributed by atoms with Gasteiger partial charge in [0.05, 0.1) is 11.1 Å². The van der Waals surface area contributed by atoms with Crippen molar-refractivity contribution < 1.29 is 14.3 Å². The van der Waals surface area contributed by atoms with E-state index < -0.39 is 0 Å². The Hall–Kier alpha value is -2.89. The number of carbonyl (C=O) groups excluding carboxylic acids is 1. The van der Waals surface area contributed by atoms with Crippen molar-refractivity contribution in [2.45, 2.75) is 33.1 Å². The molecule has 0 aliphatic carbocycles. The molecule has 0 bridgehead atoms. The number of aromatic nitrogens is 2. The lowest BCUT2D eigenvalue weighted by molar-refractivity contribution is 0.0790. The number of aryl methyl sites for hydroxylation is 1. The van der Waals surface area contributed by atoms with Crippen molar-refractivity contribution in [3.05, 3.63) is 58.5 Å². The number of benzene rings is 2. The molecule has 0 radical (unpaired) electrons. The van der Waals surface area contributed by atoms with E-state index in [-0.39, 0.29) is 23.0 Å². The number of unbranched alkanes of at least 4 members (excludes halogenated alkanes) is 1. The summed E-state index contributed by atoms with van der Waals surface area (Å²) in [4.78, 5) is 14.3. The highest BCUT2D eigenvalue weighted by Crippen LogP contribution is 2.28. The number of hydrogen-bond acceptors (Lipinski definition) is 3. The van der Waals surface area contributed by atoms with E-state index in [0.29, 0.717) is 18.5 Å². The van der Waals surface area contributed by atoms with Crippen LogP contribution in [0.15, 0.2) is 30.3 Å². The Labute approximate surface area is 157 Å². The summed E-state index contributed by atoms with van der Waals surface area (Å²) in [6.07, 6.45) is 2.35. The topological polar surface area (TPSA) is 69.2 Å². The molecule has 0 saturated carbocycles. The van der Waals surface area contributed by atoms with Gasteiger partial charge < -0.3 is 10.0 Å². The van der Waals surface area contributed by atoms with Crippen molar-refractivity contribution in [1.82, 2.24) is 15.1 Å². The molecule has 2 aromatic carbocycles. The molecule has 0 fully saturated rings. The number of carbonyl (C=O) groups is 1. The van der Waals surface area contributed by atoms with Crippen molar-refractivity contribution in [2.24, 2.45) is 0 Å². The van der Waals surface area contributed by atoms with Gasteiger partial charge in [-0.3, -0.25) is 9.89 Å². The Bertz CT molecular complexity index is 961. The Morgan fingerprint density at radius 2 is 2.04 bits per heavy atom. The quantitative estimate of drug-likeness (QED) is 0.685. The maximum absolute atomic E-state index is 13.7. The fourth-order valence-corrected chi connectivity index (χ4v) is 3.23. The molecular weight excluding hydrogens is 345 g/mol. The van der Waals surface area contributed by atoms with Crippen LogP contribution in [-0.4, -0.2) is 39.7 Å². The molecule has 0 saturated heterocycles. The summed E-state index contributed by atoms with van der Waals surface area (Å²) in [6.45, 7) is 4.54. The highest BCUT2D eigenvalue weighted by atomic mass is 19.1. The molecule has 1 heterocycles. The fraction of sp³-hybridized carbons (Fsp3) is 0.333. The highest BCUT2D eigenvalue weighted by molar-refractivity contribution is 6.01. The van der Waals surface area contributed by atoms with Crippen molar-refractivity contribution in [3.63, 3.8) is 0 Å². The van der Waals surface area contributed by atoms with Crippen LogP contribution in [0, 0.1) is 12.7 Å². The number of rotatable bonds is 6. The Balaban J connectivity index is 1.95. The van der Waals surface area contributed by atoms with Crippen molar-refractivity contribution >= 4 is 16.8 Å². The highest BCUT2D eigenvalue weighted by Gasteiger charge is 2.19. The van der Waals surface area contributed by atoms with Gasteiger partial charge in [-0.15, -0.1) is 0 Å². The van der Waals surface area contributed by atoms with Crippen LogP contribution in [0.5, 0.6) is 5.75 Å². The lowest BCUT2D eigenvalue weighted by Crippen LogP contribution is -2.27. The van der Waals surface area contributed by atoms with E-state index in [1.165, 1.54) is 18.2 Å². The predicted molar refractivity (Wildman–Crippen MR) is 104 cm³/mol. The van der Waals surface area contributed by atoms with Crippen molar-refractivity contribution in [1.29, 1.82) is 0 Å². The normalized spacial score (nSPS) is 11.1. The second-order valence-corrected chi connectivity index (χ2v) is 6.98. The number of phenols is 1. The zero-order chi connectivity index (χ0) is 19.6. The van der Waals surface area contributed by atoms with E-state index in [0.717, 1.165) is 35.0 Å². The number of fused-ring (bicyclic) bond motifs is 1. The number of phenolic OH excluding ortho intramolecular Hbond substituents is 1. The lowest BCUT2D eigenvalue weighted by atomic mass is 10.0. The van der Waals surface area contributed by atoms with Crippen LogP contribution >= 0.6 is 0 Å². The maximum atomic E-state index is 13.7. The van der Waals surface area contributed by atoms with Gasteiger partial charge in [-0.25, -0.2) is 4.39 Å². The fourth-order valence-electron chi connectivity index (χ4n) is 3.23. The Morgan fingerprint density at radius 3 is 2.74 bits per heavy atom. The van der Waals surface area contributed by atoms with Crippen LogP contribution in [0.25, 0.3) is 10.9 Å². The van der Waals surface area contributed by atoms with Gasteiger partial charge in [-0.2, -0.15) is 5.10 Å². The summed E-state index contributed by atoms with van der Waals surface area (Å²) in [6, 6.07) is 8.05. The van der Waals surface area contributed by atoms with E-state index in [9.17, 15) is 14.3 Å². The predicted octanol–water partition coefficient (Wildman–Crippen LogP) is 4.18. The number of aromatic amines is 1. The minimum Gasteiger partial charge on any atom is -0.507 e. The number of nitrogens with one attached hydrogen (secondary N) is 1. The third kappa shape index (κ3) is 4.10. The standard InChI is InChI=1S/C21H24FN3O2/c1-4-5-6-25(3)21(27)17-11-16-18(23-24-19(16)12-20(17)26)10-14-7-13(2)8-15(22)9-14/h7-9,11-12,26H,4-6,10H2,1-3H3,(H,23,24). The summed E-state index contributed by atoms with van der Waals surface area (Å²) in [7, 11) is 1.73. The number of hydrogen-bond donors (Lipinski definition) is 2. The number of halogens is 1. The second kappa shape index (κ2) is 7.78. The Kier molecular flexibility index (Phi) is 5.44. The van der Waals surface area contributed by atoms with Gasteiger partial charge in [0.25, 0.3) is 5.91 Å². The molecule has 27 heavy (non-hydrogen) atoms. The number of aromatic hydroxyl groups is 1. The molecule has 3 rings (SSSR count). The molecule has 0 aliphatic heterocycles. The second-order valence-electron chi connectivity index (χ2n) is 6.98. The van der Waals surface area contributed by atoms with Crippen molar-refractivity contribution in [2.75, 3.05) is 13.6 Å². The average molecular weight is 369 g/mol. The molecule has 2 N–H and O–H groups in total. The molecule has 0 unspecified atom stereocenters. The van der Waals surface area contributed by atoms with E-state index >= 15 is 0 Å². The minimum absolute atomic E-state index is 0.0875. The zero-order valence-corrected chi connectivity index (χ0v) is 15.8. The molecule has 6 heteroatoms. The molecular formula is C21H24FN3O2. The summed E-state index contributed by atoms with van der Waals surface area (Å²) >= 11 is 0. The lowest BCUT2D eigenvalue weighted by Gasteiger charge is -2.17. The van der Waals surface area contributed by atoms with Crippen molar-refractivity contribution in [3.8, 4) is 5.75 Å². The number of nitrogens with zero attached hydrogens (tertiary/aromatic N) is 2. The Morgan fingerprint density at radius 1 is 1.26 bits per heavy atom. The molecule has 1 aromatic heterocycles. The van der Waals surface area contributed by atoms with Crippen LogP contribution < -0.4 is 0 Å². The van der Waals surface area contributed by atoms with Crippen LogP contribution in [-0.2, 0) is 6.42 Å². The van der Waals surface area contributed by atoms with Gasteiger partial charge in [0.2, 0.25) is 0 Å². The minimum atomic E-state index is -0.278. The van der Waals surface area contributed by atoms with Crippen LogP contribution in [0.2, 0.25) is 0 Å². The molecule has 3 aromatic rings. The summed E-state index contributed by atoms with van der Waals surface area (Å²) in [5.41, 5.74) is 3.27. The van der Waals surface area contributed by atoms with Gasteiger partial charge in [0.1, 0.15) is 11.6 Å². The first kappa shape index (κ1) is 18.9. The van der Waals surface area contributed by atoms with E-state index in [2.05, 4.69) is 17.1 Å². The third-order valence-corrected chi connectivity index (χ3v) is 4.66. The monoisotopic (exact) mass is 369 g/mol. The van der Waals surface area contributed by atoms with Crippen LogP contribution in [0.4, 0.5) is 4.39 Å². The molecule has 5 nitrogen and oxygen atoms in total. The molecule has 0 aliphatic rings. The first-order valence-electron chi connectivity index (χ1n) is 9.10. The molecule has 0 spiro atoms. The van der Waals surface area contributed by atoms with Crippen LogP contribution in [0.1, 0.15) is 46.9 Å². The summed E-state index contributed by atoms with van der Waals surface area (Å²) < 4.78 is 13.7. The third-order valence-electron chi connectivity index (χ3n) is 4.66. The van der Waals surface area contributed by atoms with E-state index in [1.807, 2.05) is 13.0 Å². The van der Waals surface area contributed by atoms with E-state index in [4.69, 9.17) is 0 Å². The average Bonchev–Trinajstić information content (AvgIpc) is 2.99.